The van der Waals surface area contributed by atoms with Gasteiger partial charge in [-0.15, -0.1) is 0 Å². The Kier molecular flexibility index (Phi) is 4.22. The van der Waals surface area contributed by atoms with Gasteiger partial charge in [0.2, 0.25) is 6.79 Å². The fraction of sp³-hybridized carbons (Fsp3) is 0.429. The molecule has 0 saturated carbocycles. The van der Waals surface area contributed by atoms with Crippen molar-refractivity contribution in [3.05, 3.63) is 21.3 Å². The minimum absolute atomic E-state index is 0.0245. The molecule has 0 aliphatic carbocycles. The van der Waals surface area contributed by atoms with Crippen molar-refractivity contribution < 1.29 is 23.8 Å². The summed E-state index contributed by atoms with van der Waals surface area (Å²) in [6.07, 6.45) is 0.0245. The molecule has 1 aromatic rings. The molecule has 0 spiro atoms. The van der Waals surface area contributed by atoms with E-state index in [-0.39, 0.29) is 13.2 Å². The van der Waals surface area contributed by atoms with Gasteiger partial charge < -0.3 is 14.2 Å². The first kappa shape index (κ1) is 15.1. The van der Waals surface area contributed by atoms with Crippen LogP contribution in [0.5, 0.6) is 11.5 Å². The Morgan fingerprint density at radius 3 is 2.45 bits per heavy atom. The molecule has 0 N–H and O–H groups in total. The summed E-state index contributed by atoms with van der Waals surface area (Å²) in [6, 6.07) is 3.55. The molecule has 0 bridgehead atoms. The van der Waals surface area contributed by atoms with Gasteiger partial charge in [-0.1, -0.05) is 0 Å². The number of carbonyl (C=O) groups excluding carboxylic acids is 2. The van der Waals surface area contributed by atoms with Gasteiger partial charge in [-0.25, -0.2) is 0 Å². The molecular formula is C14H15IO5. The van der Waals surface area contributed by atoms with Crippen LogP contribution in [0.15, 0.2) is 12.1 Å². The van der Waals surface area contributed by atoms with Crippen molar-refractivity contribution in [2.45, 2.75) is 27.2 Å². The number of halogens is 1. The number of hydrogen-bond donors (Lipinski definition) is 0. The molecule has 5 nitrogen and oxygen atoms in total. The summed E-state index contributed by atoms with van der Waals surface area (Å²) < 4.78 is 16.2. The number of rotatable bonds is 2. The third-order valence-electron chi connectivity index (χ3n) is 2.70. The molecular weight excluding hydrogens is 375 g/mol. The maximum absolute atomic E-state index is 11.8. The molecule has 0 fully saturated rings. The number of benzene rings is 1. The van der Waals surface area contributed by atoms with E-state index in [2.05, 4.69) is 22.6 Å². The predicted molar refractivity (Wildman–Crippen MR) is 79.5 cm³/mol. The Labute approximate surface area is 130 Å². The van der Waals surface area contributed by atoms with Crippen LogP contribution in [-0.2, 0) is 20.7 Å². The van der Waals surface area contributed by atoms with E-state index in [1.165, 1.54) is 0 Å². The Balaban J connectivity index is 2.07. The lowest BCUT2D eigenvalue weighted by Gasteiger charge is -2.15. The van der Waals surface area contributed by atoms with Crippen LogP contribution >= 0.6 is 22.6 Å². The Morgan fingerprint density at radius 1 is 1.25 bits per heavy atom. The molecule has 1 aliphatic heterocycles. The average Bonchev–Trinajstić information content (AvgIpc) is 2.75. The lowest BCUT2D eigenvalue weighted by molar-refractivity contribution is -0.165. The standard InChI is InChI=1S/C14H15IO5/c1-14(2,3)13(17)20-12(16)5-8-4-10-11(6-9(8)15)19-7-18-10/h4,6H,5,7H2,1-3H3. The predicted octanol–water partition coefficient (Wildman–Crippen LogP) is 2.68. The number of fused-ring (bicyclic) bond motifs is 1. The molecule has 108 valence electrons. The molecule has 0 aromatic heterocycles. The SMILES string of the molecule is CC(C)(C)C(=O)OC(=O)Cc1cc2c(cc1I)OCO2. The minimum atomic E-state index is -0.697. The second-order valence-electron chi connectivity index (χ2n) is 5.49. The molecule has 6 heteroatoms. The molecule has 1 aliphatic rings. The largest absolute Gasteiger partial charge is 0.454 e. The summed E-state index contributed by atoms with van der Waals surface area (Å²) in [7, 11) is 0. The van der Waals surface area contributed by atoms with Gasteiger partial charge in [0.1, 0.15) is 0 Å². The highest BCUT2D eigenvalue weighted by atomic mass is 127. The van der Waals surface area contributed by atoms with Gasteiger partial charge >= 0.3 is 11.9 Å². The van der Waals surface area contributed by atoms with E-state index in [1.807, 2.05) is 0 Å². The normalized spacial score (nSPS) is 13.2. The smallest absolute Gasteiger partial charge is 0.318 e. The second kappa shape index (κ2) is 5.59. The fourth-order valence-corrected chi connectivity index (χ4v) is 2.17. The highest BCUT2D eigenvalue weighted by molar-refractivity contribution is 14.1. The van der Waals surface area contributed by atoms with Crippen molar-refractivity contribution in [1.82, 2.24) is 0 Å². The number of ether oxygens (including phenoxy) is 3. The van der Waals surface area contributed by atoms with E-state index in [4.69, 9.17) is 14.2 Å². The summed E-state index contributed by atoms with van der Waals surface area (Å²) >= 11 is 2.11. The van der Waals surface area contributed by atoms with Gasteiger partial charge in [-0.05, 0) is 61.1 Å². The lowest BCUT2D eigenvalue weighted by atomic mass is 9.97. The van der Waals surface area contributed by atoms with E-state index < -0.39 is 17.4 Å². The van der Waals surface area contributed by atoms with E-state index in [9.17, 15) is 9.59 Å². The third kappa shape index (κ3) is 3.41. The quantitative estimate of drug-likeness (QED) is 0.442. The highest BCUT2D eigenvalue weighted by Crippen LogP contribution is 2.35. The van der Waals surface area contributed by atoms with Crippen LogP contribution in [-0.4, -0.2) is 18.7 Å². The maximum atomic E-state index is 11.8. The van der Waals surface area contributed by atoms with Crippen LogP contribution in [0.25, 0.3) is 0 Å². The van der Waals surface area contributed by atoms with E-state index in [0.29, 0.717) is 11.5 Å². The van der Waals surface area contributed by atoms with Crippen molar-refractivity contribution >= 4 is 34.5 Å². The van der Waals surface area contributed by atoms with Gasteiger partial charge in [-0.2, -0.15) is 0 Å². The molecule has 0 amide bonds. The maximum Gasteiger partial charge on any atom is 0.318 e. The van der Waals surface area contributed by atoms with Gasteiger partial charge in [-0.3, -0.25) is 9.59 Å². The fourth-order valence-electron chi connectivity index (χ4n) is 1.54. The van der Waals surface area contributed by atoms with E-state index in [0.717, 1.165) is 9.13 Å². The molecule has 0 saturated heterocycles. The number of hydrogen-bond acceptors (Lipinski definition) is 5. The monoisotopic (exact) mass is 390 g/mol. The highest BCUT2D eigenvalue weighted by Gasteiger charge is 2.26. The van der Waals surface area contributed by atoms with Gasteiger partial charge in [0.05, 0.1) is 11.8 Å². The van der Waals surface area contributed by atoms with Crippen LogP contribution in [0.3, 0.4) is 0 Å². The van der Waals surface area contributed by atoms with Crippen molar-refractivity contribution in [2.24, 2.45) is 5.41 Å². The third-order valence-corrected chi connectivity index (χ3v) is 3.70. The second-order valence-corrected chi connectivity index (χ2v) is 6.65. The van der Waals surface area contributed by atoms with Gasteiger partial charge in [0, 0.05) is 3.57 Å². The zero-order valence-corrected chi connectivity index (χ0v) is 13.6. The zero-order chi connectivity index (χ0) is 14.9. The Bertz CT molecular complexity index is 559. The van der Waals surface area contributed by atoms with Crippen molar-refractivity contribution in [1.29, 1.82) is 0 Å². The molecule has 0 radical (unpaired) electrons. The lowest BCUT2D eigenvalue weighted by Crippen LogP contribution is -2.26. The molecule has 0 unspecified atom stereocenters. The first-order valence-electron chi connectivity index (χ1n) is 6.10. The first-order valence-corrected chi connectivity index (χ1v) is 7.18. The summed E-state index contributed by atoms with van der Waals surface area (Å²) in [5, 5.41) is 0. The Hall–Kier alpha value is -1.31. The van der Waals surface area contributed by atoms with Crippen molar-refractivity contribution in [2.75, 3.05) is 6.79 Å². The summed E-state index contributed by atoms with van der Waals surface area (Å²) in [4.78, 5) is 23.5. The molecule has 1 aromatic carbocycles. The van der Waals surface area contributed by atoms with Crippen LogP contribution < -0.4 is 9.47 Å². The van der Waals surface area contributed by atoms with Gasteiger partial charge in [0.15, 0.2) is 11.5 Å². The van der Waals surface area contributed by atoms with E-state index >= 15 is 0 Å². The topological polar surface area (TPSA) is 61.8 Å². The number of esters is 2. The zero-order valence-electron chi connectivity index (χ0n) is 11.5. The molecule has 1 heterocycles. The van der Waals surface area contributed by atoms with Crippen molar-refractivity contribution in [3.63, 3.8) is 0 Å². The van der Waals surface area contributed by atoms with Crippen LogP contribution in [0.1, 0.15) is 26.3 Å². The van der Waals surface area contributed by atoms with Crippen molar-refractivity contribution in [3.8, 4) is 11.5 Å². The molecule has 20 heavy (non-hydrogen) atoms. The molecule has 0 atom stereocenters. The summed E-state index contributed by atoms with van der Waals surface area (Å²) in [5.41, 5.74) is 0.0547. The average molecular weight is 390 g/mol. The van der Waals surface area contributed by atoms with Crippen LogP contribution in [0.4, 0.5) is 0 Å². The summed E-state index contributed by atoms with van der Waals surface area (Å²) in [6.45, 7) is 5.29. The van der Waals surface area contributed by atoms with Crippen LogP contribution in [0.2, 0.25) is 0 Å². The summed E-state index contributed by atoms with van der Waals surface area (Å²) in [5.74, 6) is 0.174. The Morgan fingerprint density at radius 2 is 1.85 bits per heavy atom. The van der Waals surface area contributed by atoms with E-state index in [1.54, 1.807) is 32.9 Å². The molecule has 2 rings (SSSR count). The minimum Gasteiger partial charge on any atom is -0.454 e. The van der Waals surface area contributed by atoms with Crippen LogP contribution in [0, 0.1) is 8.99 Å². The van der Waals surface area contributed by atoms with Gasteiger partial charge in [0.25, 0.3) is 0 Å². The number of carbonyl (C=O) groups is 2. The first-order chi connectivity index (χ1) is 9.27.